The molecule has 1 saturated carbocycles. The van der Waals surface area contributed by atoms with E-state index in [-0.39, 0.29) is 11.8 Å². The van der Waals surface area contributed by atoms with Crippen molar-refractivity contribution in [2.24, 2.45) is 5.92 Å². The van der Waals surface area contributed by atoms with E-state index in [2.05, 4.69) is 16.7 Å². The Labute approximate surface area is 240 Å². The molecule has 0 N–H and O–H groups in total. The topological polar surface area (TPSA) is 87.9 Å². The number of fused-ring (bicyclic) bond motifs is 1. The highest BCUT2D eigenvalue weighted by atomic mass is 16.5. The molecule has 2 aromatic carbocycles. The summed E-state index contributed by atoms with van der Waals surface area (Å²) in [5.74, 6) is 3.20. The fourth-order valence-corrected chi connectivity index (χ4v) is 5.54. The summed E-state index contributed by atoms with van der Waals surface area (Å²) in [5, 5.41) is 0. The van der Waals surface area contributed by atoms with E-state index < -0.39 is 0 Å². The average Bonchev–Trinajstić information content (AvgIpc) is 3.66. The summed E-state index contributed by atoms with van der Waals surface area (Å²) in [5.41, 5.74) is 4.63. The highest BCUT2D eigenvalue weighted by Gasteiger charge is 2.30. The van der Waals surface area contributed by atoms with Crippen molar-refractivity contribution in [3.63, 3.8) is 0 Å². The summed E-state index contributed by atoms with van der Waals surface area (Å²) in [6, 6.07) is 16.2. The zero-order valence-electron chi connectivity index (χ0n) is 23.8. The Balaban J connectivity index is 1.14. The zero-order chi connectivity index (χ0) is 28.3. The van der Waals surface area contributed by atoms with E-state index >= 15 is 0 Å². The van der Waals surface area contributed by atoms with E-state index in [1.165, 1.54) is 5.56 Å². The molecule has 2 aliphatic rings. The minimum absolute atomic E-state index is 0.214. The molecule has 0 unspecified atom stereocenters. The molecule has 1 atom stereocenters. The van der Waals surface area contributed by atoms with Gasteiger partial charge in [0, 0.05) is 31.1 Å². The number of benzene rings is 2. The summed E-state index contributed by atoms with van der Waals surface area (Å²) in [6.07, 6.45) is 6.34. The summed E-state index contributed by atoms with van der Waals surface area (Å²) in [4.78, 5) is 24.3. The third kappa shape index (κ3) is 5.80. The van der Waals surface area contributed by atoms with Gasteiger partial charge in [-0.2, -0.15) is 0 Å². The maximum atomic E-state index is 12.7. The van der Waals surface area contributed by atoms with Gasteiger partial charge >= 0.3 is 0 Å². The second-order valence-electron chi connectivity index (χ2n) is 10.8. The van der Waals surface area contributed by atoms with Gasteiger partial charge in [0.15, 0.2) is 11.5 Å². The summed E-state index contributed by atoms with van der Waals surface area (Å²) >= 11 is 0. The van der Waals surface area contributed by atoms with Crippen LogP contribution in [-0.2, 0) is 11.2 Å². The van der Waals surface area contributed by atoms with Gasteiger partial charge in [0.25, 0.3) is 0 Å². The van der Waals surface area contributed by atoms with Crippen LogP contribution in [-0.4, -0.2) is 66.4 Å². The minimum Gasteiger partial charge on any atom is -0.497 e. The van der Waals surface area contributed by atoms with Gasteiger partial charge < -0.3 is 28.4 Å². The molecule has 0 bridgehead atoms. The first-order valence-electron chi connectivity index (χ1n) is 14.2. The maximum Gasteiger partial charge on any atom is 0.240 e. The predicted octanol–water partition coefficient (Wildman–Crippen LogP) is 5.32. The Hall–Kier alpha value is -4.27. The van der Waals surface area contributed by atoms with Crippen LogP contribution in [0.2, 0.25) is 0 Å². The van der Waals surface area contributed by atoms with Crippen LogP contribution in [0.4, 0.5) is 0 Å². The van der Waals surface area contributed by atoms with Gasteiger partial charge in [0.05, 0.1) is 45.5 Å². The molecule has 2 fully saturated rings. The molecular weight excluding hydrogens is 520 g/mol. The molecule has 1 saturated heterocycles. The quantitative estimate of drug-likeness (QED) is 0.233. The van der Waals surface area contributed by atoms with Gasteiger partial charge in [0.2, 0.25) is 11.8 Å². The van der Waals surface area contributed by atoms with Crippen LogP contribution in [0.5, 0.6) is 23.1 Å². The summed E-state index contributed by atoms with van der Waals surface area (Å²) in [7, 11) is 4.91. The van der Waals surface area contributed by atoms with Crippen LogP contribution in [0, 0.1) is 5.92 Å². The highest BCUT2D eigenvalue weighted by Crippen LogP contribution is 2.41. The van der Waals surface area contributed by atoms with E-state index in [1.54, 1.807) is 21.3 Å². The van der Waals surface area contributed by atoms with Gasteiger partial charge in [-0.25, -0.2) is 9.97 Å². The number of amides is 1. The summed E-state index contributed by atoms with van der Waals surface area (Å²) < 4.78 is 24.7. The first kappa shape index (κ1) is 26.9. The lowest BCUT2D eigenvalue weighted by Crippen LogP contribution is -2.27. The number of likely N-dealkylation sites (tertiary alicyclic amines) is 1. The maximum absolute atomic E-state index is 12.7. The Kier molecular flexibility index (Phi) is 7.67. The SMILES string of the molecule is COc1ccc(CCN2C[C@H](CCOc3nc(-c4ccc(OC)c(OC)c4)cc4ncn(C5CC5)c34)CC2=O)cc1. The molecule has 0 radical (unpaired) electrons. The fourth-order valence-electron chi connectivity index (χ4n) is 5.54. The first-order chi connectivity index (χ1) is 20.1. The third-order valence-corrected chi connectivity index (χ3v) is 8.03. The van der Waals surface area contributed by atoms with Crippen molar-refractivity contribution in [1.82, 2.24) is 19.4 Å². The number of methoxy groups -OCH3 is 3. The normalized spacial score (nSPS) is 16.8. The zero-order valence-corrected chi connectivity index (χ0v) is 23.8. The number of nitrogens with zero attached hydrogens (tertiary/aromatic N) is 4. The van der Waals surface area contributed by atoms with Crippen molar-refractivity contribution in [3.05, 3.63) is 60.4 Å². The molecule has 1 aliphatic carbocycles. The smallest absolute Gasteiger partial charge is 0.240 e. The predicted molar refractivity (Wildman–Crippen MR) is 156 cm³/mol. The Bertz CT molecular complexity index is 1530. The molecule has 0 spiro atoms. The third-order valence-electron chi connectivity index (χ3n) is 8.03. The van der Waals surface area contributed by atoms with Crippen molar-refractivity contribution in [2.75, 3.05) is 41.0 Å². The molecule has 4 aromatic rings. The van der Waals surface area contributed by atoms with Crippen molar-refractivity contribution >= 4 is 16.9 Å². The van der Waals surface area contributed by atoms with Gasteiger partial charge in [-0.15, -0.1) is 0 Å². The molecule has 1 amide bonds. The minimum atomic E-state index is 0.214. The van der Waals surface area contributed by atoms with Gasteiger partial charge in [-0.1, -0.05) is 12.1 Å². The second kappa shape index (κ2) is 11.7. The molecule has 2 aromatic heterocycles. The lowest BCUT2D eigenvalue weighted by molar-refractivity contribution is -0.127. The number of hydrogen-bond donors (Lipinski definition) is 0. The largest absolute Gasteiger partial charge is 0.497 e. The van der Waals surface area contributed by atoms with Crippen LogP contribution in [0.25, 0.3) is 22.3 Å². The number of pyridine rings is 1. The second-order valence-corrected chi connectivity index (χ2v) is 10.8. The molecule has 1 aliphatic heterocycles. The molecular formula is C32H36N4O5. The molecule has 9 heteroatoms. The van der Waals surface area contributed by atoms with Crippen molar-refractivity contribution < 1.29 is 23.7 Å². The van der Waals surface area contributed by atoms with E-state index in [0.717, 1.165) is 66.8 Å². The summed E-state index contributed by atoms with van der Waals surface area (Å²) in [6.45, 7) is 1.96. The molecule has 214 valence electrons. The van der Waals surface area contributed by atoms with Gasteiger partial charge in [0.1, 0.15) is 11.3 Å². The first-order valence-corrected chi connectivity index (χ1v) is 14.2. The van der Waals surface area contributed by atoms with E-state index in [0.29, 0.717) is 36.4 Å². The Morgan fingerprint density at radius 1 is 0.951 bits per heavy atom. The Morgan fingerprint density at radius 3 is 2.49 bits per heavy atom. The number of rotatable bonds is 12. The number of ether oxygens (including phenoxy) is 4. The van der Waals surface area contributed by atoms with Gasteiger partial charge in [-0.05, 0) is 73.6 Å². The Morgan fingerprint density at radius 2 is 1.76 bits per heavy atom. The highest BCUT2D eigenvalue weighted by molar-refractivity contribution is 5.85. The molecule has 6 rings (SSSR count). The van der Waals surface area contributed by atoms with E-state index in [9.17, 15) is 4.79 Å². The van der Waals surface area contributed by atoms with Crippen LogP contribution in [0.1, 0.15) is 37.3 Å². The molecule has 41 heavy (non-hydrogen) atoms. The lowest BCUT2D eigenvalue weighted by Gasteiger charge is -2.17. The van der Waals surface area contributed by atoms with E-state index in [4.69, 9.17) is 28.9 Å². The number of carbonyl (C=O) groups is 1. The van der Waals surface area contributed by atoms with Crippen molar-refractivity contribution in [2.45, 2.75) is 38.1 Å². The number of aromatic nitrogens is 3. The standard InChI is InChI=1S/C32H36N4O5/c1-38-25-9-4-21(5-10-25)12-14-35-19-22(16-30(35)37)13-15-41-32-31-27(33-20-36(31)24-7-8-24)18-26(34-32)23-6-11-28(39-2)29(17-23)40-3/h4-6,9-11,17-18,20,22,24H,7-8,12-16,19H2,1-3H3/t22-/m1/s1. The van der Waals surface area contributed by atoms with Crippen molar-refractivity contribution in [1.29, 1.82) is 0 Å². The van der Waals surface area contributed by atoms with Crippen LogP contribution in [0.3, 0.4) is 0 Å². The van der Waals surface area contributed by atoms with E-state index in [1.807, 2.05) is 47.6 Å². The number of carbonyl (C=O) groups excluding carboxylic acids is 1. The monoisotopic (exact) mass is 556 g/mol. The number of imidazole rings is 1. The molecule has 3 heterocycles. The fraction of sp³-hybridized carbons (Fsp3) is 0.406. The van der Waals surface area contributed by atoms with Crippen LogP contribution >= 0.6 is 0 Å². The van der Waals surface area contributed by atoms with Gasteiger partial charge in [-0.3, -0.25) is 4.79 Å². The average molecular weight is 557 g/mol. The molecule has 9 nitrogen and oxygen atoms in total. The number of hydrogen-bond acceptors (Lipinski definition) is 7. The van der Waals surface area contributed by atoms with Crippen LogP contribution < -0.4 is 18.9 Å². The van der Waals surface area contributed by atoms with Crippen molar-refractivity contribution in [3.8, 4) is 34.4 Å². The lowest BCUT2D eigenvalue weighted by atomic mass is 10.1. The van der Waals surface area contributed by atoms with Crippen LogP contribution in [0.15, 0.2) is 54.9 Å².